The molecule has 0 aliphatic carbocycles. The van der Waals surface area contributed by atoms with Gasteiger partial charge in [0.15, 0.2) is 5.96 Å². The maximum Gasteiger partial charge on any atom is 0.320 e. The van der Waals surface area contributed by atoms with E-state index in [1.165, 1.54) is 21.2 Å². The number of benzodiazepines with no additional fused rings is 1. The van der Waals surface area contributed by atoms with E-state index < -0.39 is 12.0 Å². The molecule has 3 aliphatic heterocycles. The second-order valence-corrected chi connectivity index (χ2v) is 17.0. The topological polar surface area (TPSA) is 165 Å². The first-order chi connectivity index (χ1) is 29.4. The number of aliphatic hydroxyl groups is 1. The summed E-state index contributed by atoms with van der Waals surface area (Å²) >= 11 is 14.2. The highest BCUT2D eigenvalue weighted by Gasteiger charge is 2.25. The van der Waals surface area contributed by atoms with Crippen molar-refractivity contribution in [3.8, 4) is 0 Å². The predicted octanol–water partition coefficient (Wildman–Crippen LogP) is 6.36. The number of hydrogen-bond donors (Lipinski definition) is 5. The van der Waals surface area contributed by atoms with Crippen LogP contribution in [-0.4, -0.2) is 141 Å². The predicted molar refractivity (Wildman–Crippen MR) is 250 cm³/mol. The molecule has 6 N–H and O–H groups in total. The van der Waals surface area contributed by atoms with Crippen LogP contribution in [0.25, 0.3) is 0 Å². The number of carboxylic acids is 1. The highest BCUT2D eigenvalue weighted by molar-refractivity contribution is 7.99. The number of carbonyl (C=O) groups is 2. The number of anilines is 3. The summed E-state index contributed by atoms with van der Waals surface area (Å²) in [6, 6.07) is 29.7. The maximum absolute atomic E-state index is 12.0. The average Bonchev–Trinajstić information content (AvgIpc) is 3.36. The summed E-state index contributed by atoms with van der Waals surface area (Å²) in [7, 11) is 5.23. The Kier molecular flexibility index (Phi) is 18.3. The van der Waals surface area contributed by atoms with E-state index in [-0.39, 0.29) is 25.0 Å². The van der Waals surface area contributed by atoms with Gasteiger partial charge in [-0.3, -0.25) is 29.8 Å². The zero-order valence-corrected chi connectivity index (χ0v) is 37.4. The van der Waals surface area contributed by atoms with Gasteiger partial charge in [-0.15, -0.1) is 0 Å². The van der Waals surface area contributed by atoms with E-state index >= 15 is 0 Å². The van der Waals surface area contributed by atoms with Crippen LogP contribution in [0.15, 0.2) is 106 Å². The molecular formula is C45H57Cl2N9O4S. The number of carboxylic acid groups (broad SMARTS) is 1. The SMILES string of the molecule is CN(C)C(CCCNC(=N)N)C(=O)O.CN1C(=O)CN=C(c2ccccc2)c2cc(Cl)ccc21.OCCN1CCN(CCCN2c3ccccc3Sc3ccc(Cl)cc32)CC1. The van der Waals surface area contributed by atoms with Gasteiger partial charge in [0.05, 0.1) is 29.4 Å². The lowest BCUT2D eigenvalue weighted by Crippen LogP contribution is -2.47. The molecule has 0 saturated carbocycles. The van der Waals surface area contributed by atoms with Gasteiger partial charge in [-0.2, -0.15) is 0 Å². The number of para-hydroxylation sites is 1. The quantitative estimate of drug-likeness (QED) is 0.0577. The van der Waals surface area contributed by atoms with Crippen molar-refractivity contribution in [2.45, 2.75) is 35.1 Å². The van der Waals surface area contributed by atoms with Crippen LogP contribution in [0.5, 0.6) is 0 Å². The summed E-state index contributed by atoms with van der Waals surface area (Å²) in [5.41, 5.74) is 11.1. The number of halogens is 2. The number of amides is 1. The third-order valence-electron chi connectivity index (χ3n) is 10.6. The van der Waals surface area contributed by atoms with Gasteiger partial charge >= 0.3 is 5.97 Å². The molecule has 1 saturated heterocycles. The Balaban J connectivity index is 0.000000184. The molecule has 13 nitrogen and oxygen atoms in total. The molecule has 1 fully saturated rings. The number of nitrogens with one attached hydrogen (secondary N) is 2. The van der Waals surface area contributed by atoms with Gasteiger partial charge in [0.25, 0.3) is 0 Å². The first kappa shape index (κ1) is 47.4. The number of nitrogens with two attached hydrogens (primary N) is 1. The number of guanidine groups is 1. The average molecular weight is 891 g/mol. The third kappa shape index (κ3) is 13.7. The Morgan fingerprint density at radius 1 is 0.869 bits per heavy atom. The number of aliphatic hydroxyl groups excluding tert-OH is 1. The van der Waals surface area contributed by atoms with E-state index in [2.05, 4.69) is 61.4 Å². The zero-order chi connectivity index (χ0) is 43.9. The second-order valence-electron chi connectivity index (χ2n) is 15.0. The molecule has 1 amide bonds. The molecule has 3 aliphatic rings. The lowest BCUT2D eigenvalue weighted by molar-refractivity contribution is -0.142. The summed E-state index contributed by atoms with van der Waals surface area (Å²) in [6.07, 6.45) is 2.34. The number of rotatable bonds is 13. The molecule has 61 heavy (non-hydrogen) atoms. The number of nitrogens with zero attached hydrogens (tertiary/aromatic N) is 6. The number of β-amino-alcohol motifs (C(OH)–C–C–N with tert-alkyl or cyclic N) is 1. The first-order valence-corrected chi connectivity index (χ1v) is 22.0. The van der Waals surface area contributed by atoms with Crippen LogP contribution in [-0.2, 0) is 9.59 Å². The van der Waals surface area contributed by atoms with Gasteiger partial charge in [0.2, 0.25) is 5.91 Å². The van der Waals surface area contributed by atoms with E-state index in [0.717, 1.165) is 79.8 Å². The normalized spacial score (nSPS) is 15.5. The number of hydrogen-bond acceptors (Lipinski definition) is 10. The van der Waals surface area contributed by atoms with Gasteiger partial charge in [-0.05, 0) is 88.4 Å². The minimum atomic E-state index is -0.821. The van der Waals surface area contributed by atoms with Gasteiger partial charge in [0.1, 0.15) is 12.6 Å². The molecule has 7 rings (SSSR count). The molecule has 0 radical (unpaired) electrons. The minimum absolute atomic E-state index is 0.0282. The van der Waals surface area contributed by atoms with Gasteiger partial charge in [-0.25, -0.2) is 0 Å². The third-order valence-corrected chi connectivity index (χ3v) is 12.2. The molecule has 1 unspecified atom stereocenters. The smallest absolute Gasteiger partial charge is 0.320 e. The number of piperazine rings is 1. The minimum Gasteiger partial charge on any atom is -0.480 e. The number of fused-ring (bicyclic) bond motifs is 3. The fraction of sp³-hybridized carbons (Fsp3) is 0.378. The van der Waals surface area contributed by atoms with Crippen LogP contribution in [0.3, 0.4) is 0 Å². The molecule has 16 heteroatoms. The number of carbonyl (C=O) groups excluding carboxylic acids is 1. The molecule has 3 heterocycles. The molecule has 1 atom stereocenters. The Hall–Kier alpha value is -4.67. The molecule has 326 valence electrons. The number of aliphatic imine (C=N–C) groups is 1. The Labute approximate surface area is 373 Å². The van der Waals surface area contributed by atoms with Gasteiger partial charge < -0.3 is 36.0 Å². The first-order valence-electron chi connectivity index (χ1n) is 20.4. The van der Waals surface area contributed by atoms with Crippen LogP contribution < -0.4 is 20.9 Å². The highest BCUT2D eigenvalue weighted by Crippen LogP contribution is 2.48. The van der Waals surface area contributed by atoms with Crippen molar-refractivity contribution in [1.29, 1.82) is 5.41 Å². The van der Waals surface area contributed by atoms with Crippen LogP contribution >= 0.6 is 35.0 Å². The van der Waals surface area contributed by atoms with Crippen molar-refractivity contribution >= 4 is 75.6 Å². The standard InChI is InChI=1S/C21H26ClN3OS.C16H13ClN2O.C8H18N4O2/c22-17-6-7-21-19(16-17)25(18-4-1-2-5-20(18)27-21)9-3-8-23-10-12-24(13-11-23)14-15-26;1-19-14-8-7-12(17)9-13(14)16(18-10-15(19)20)11-5-3-2-4-6-11;1-12(2)6(7(13)14)4-3-5-11-8(9)10/h1-2,4-7,16,26H,3,8-15H2;2-9H,10H2,1H3;6H,3-5H2,1-2H3,(H,13,14)(H4,9,10,11). The second kappa shape index (κ2) is 23.5. The van der Waals surface area contributed by atoms with Crippen LogP contribution in [0.1, 0.15) is 30.4 Å². The summed E-state index contributed by atoms with van der Waals surface area (Å²) in [6.45, 7) is 8.13. The fourth-order valence-electron chi connectivity index (χ4n) is 7.30. The largest absolute Gasteiger partial charge is 0.480 e. The Morgan fingerprint density at radius 2 is 1.51 bits per heavy atom. The molecule has 0 spiro atoms. The van der Waals surface area contributed by atoms with Crippen molar-refractivity contribution in [3.05, 3.63) is 112 Å². The van der Waals surface area contributed by atoms with Crippen LogP contribution in [0, 0.1) is 5.41 Å². The summed E-state index contributed by atoms with van der Waals surface area (Å²) < 4.78 is 0. The molecule has 0 bridgehead atoms. The van der Waals surface area contributed by atoms with E-state index in [9.17, 15) is 9.59 Å². The van der Waals surface area contributed by atoms with Crippen molar-refractivity contribution in [3.63, 3.8) is 0 Å². The van der Waals surface area contributed by atoms with Crippen molar-refractivity contribution in [2.75, 3.05) is 96.5 Å². The van der Waals surface area contributed by atoms with E-state index in [4.69, 9.17) is 44.6 Å². The van der Waals surface area contributed by atoms with Gasteiger partial charge in [0, 0.05) is 83.8 Å². The van der Waals surface area contributed by atoms with Crippen molar-refractivity contribution in [1.82, 2.24) is 20.0 Å². The fourth-order valence-corrected chi connectivity index (χ4v) is 8.71. The van der Waals surface area contributed by atoms with E-state index in [1.807, 2.05) is 60.3 Å². The molecule has 4 aromatic rings. The Morgan fingerprint density at radius 3 is 2.18 bits per heavy atom. The molecule has 4 aromatic carbocycles. The molecular weight excluding hydrogens is 834 g/mol. The zero-order valence-electron chi connectivity index (χ0n) is 35.1. The van der Waals surface area contributed by atoms with Gasteiger partial charge in [-0.1, -0.05) is 77.4 Å². The summed E-state index contributed by atoms with van der Waals surface area (Å²) in [5.74, 6) is -0.931. The number of benzene rings is 4. The lowest BCUT2D eigenvalue weighted by Gasteiger charge is -2.36. The highest BCUT2D eigenvalue weighted by atomic mass is 35.5. The van der Waals surface area contributed by atoms with Crippen LogP contribution in [0.4, 0.5) is 17.1 Å². The van der Waals surface area contributed by atoms with Crippen molar-refractivity contribution < 1.29 is 19.8 Å². The Bertz CT molecular complexity index is 2120. The maximum atomic E-state index is 12.0. The lowest BCUT2D eigenvalue weighted by atomic mass is 10.0. The number of aliphatic carboxylic acids is 1. The molecule has 0 aromatic heterocycles. The van der Waals surface area contributed by atoms with Crippen LogP contribution in [0.2, 0.25) is 10.0 Å². The monoisotopic (exact) mass is 889 g/mol. The number of likely N-dealkylation sites (N-methyl/N-ethyl adjacent to an activating group) is 2. The van der Waals surface area contributed by atoms with E-state index in [1.54, 1.807) is 37.0 Å². The summed E-state index contributed by atoms with van der Waals surface area (Å²) in [4.78, 5) is 40.4. The van der Waals surface area contributed by atoms with E-state index in [0.29, 0.717) is 24.4 Å². The summed E-state index contributed by atoms with van der Waals surface area (Å²) in [5, 5.41) is 28.8. The van der Waals surface area contributed by atoms with Crippen molar-refractivity contribution in [2.24, 2.45) is 10.7 Å².